The number of aromatic carboxylic acids is 1. The first kappa shape index (κ1) is 104. The summed E-state index contributed by atoms with van der Waals surface area (Å²) >= 11 is 0. The van der Waals surface area contributed by atoms with E-state index in [1.807, 2.05) is 55.4 Å². The van der Waals surface area contributed by atoms with E-state index in [4.69, 9.17) is 48.1 Å². The van der Waals surface area contributed by atoms with Gasteiger partial charge in [0.1, 0.15) is 50.3 Å². The molecule has 2 aliphatic carbocycles. The summed E-state index contributed by atoms with van der Waals surface area (Å²) in [5.74, 6) is -4.46. The quantitative estimate of drug-likeness (QED) is 0.0143. The molecule has 3 atom stereocenters. The Bertz CT molecular complexity index is 3840. The Morgan fingerprint density at radius 2 is 0.959 bits per heavy atom. The zero-order valence-electron chi connectivity index (χ0n) is 72.8. The van der Waals surface area contributed by atoms with Crippen molar-refractivity contribution in [3.63, 3.8) is 0 Å². The van der Waals surface area contributed by atoms with E-state index < -0.39 is 75.6 Å². The number of unbranched alkanes of at least 4 members (excludes halogenated alkanes) is 6. The Labute approximate surface area is 710 Å². The van der Waals surface area contributed by atoms with Gasteiger partial charge in [-0.3, -0.25) is 44.2 Å². The number of hydrogen-bond donors (Lipinski definition) is 11. The molecule has 9 amide bonds. The summed E-state index contributed by atoms with van der Waals surface area (Å²) in [4.78, 5) is 165. The fourth-order valence-electron chi connectivity index (χ4n) is 12.0. The molecule has 1 aliphatic heterocycles. The number of nitrogens with zero attached hydrogens (tertiary/aromatic N) is 1. The number of anilines is 2. The van der Waals surface area contributed by atoms with Gasteiger partial charge in [0.15, 0.2) is 0 Å². The topological polar surface area (TPSA) is 481 Å². The predicted octanol–water partition coefficient (Wildman–Crippen LogP) is 14.8. The van der Waals surface area contributed by atoms with E-state index in [9.17, 15) is 77.3 Å². The summed E-state index contributed by atoms with van der Waals surface area (Å²) in [7, 11) is 1.40. The fraction of sp³-hybridized carbons (Fsp3) is 0.632. The second kappa shape index (κ2) is 54.3. The first-order chi connectivity index (χ1) is 57.2. The van der Waals surface area contributed by atoms with Crippen LogP contribution in [0.2, 0.25) is 0 Å². The van der Waals surface area contributed by atoms with Crippen molar-refractivity contribution >= 4 is 95.3 Å². The number of esters is 3. The first-order valence-electron chi connectivity index (χ1n) is 41.9. The third kappa shape index (κ3) is 41.2. The van der Waals surface area contributed by atoms with Crippen LogP contribution in [0.25, 0.3) is 0 Å². The van der Waals surface area contributed by atoms with Crippen LogP contribution in [-0.2, 0) is 62.0 Å². The Kier molecular flexibility index (Phi) is 46.8. The molecule has 0 spiro atoms. The number of alkyl carbamates (subject to hydrolysis) is 2. The molecule has 3 fully saturated rings. The number of hydrogen-bond acceptors (Lipinski definition) is 22. The van der Waals surface area contributed by atoms with Gasteiger partial charge in [0.05, 0.1) is 54.1 Å². The van der Waals surface area contributed by atoms with Gasteiger partial charge in [0.2, 0.25) is 11.8 Å². The highest BCUT2D eigenvalue weighted by Crippen LogP contribution is 2.32. The van der Waals surface area contributed by atoms with Crippen LogP contribution in [0.3, 0.4) is 0 Å². The number of piperidine rings is 1. The Balaban J connectivity index is 0.000000432. The van der Waals surface area contributed by atoms with Crippen molar-refractivity contribution in [3.8, 4) is 17.2 Å². The van der Waals surface area contributed by atoms with Gasteiger partial charge in [0.25, 0.3) is 0 Å². The minimum Gasteiger partial charge on any atom is -0.497 e. The summed E-state index contributed by atoms with van der Waals surface area (Å²) in [6.45, 7) is 24.3. The largest absolute Gasteiger partial charge is 0.497 e. The number of carboxylic acids is 4. The van der Waals surface area contributed by atoms with Crippen LogP contribution in [0, 0.1) is 45.3 Å². The highest BCUT2D eigenvalue weighted by atomic mass is 16.6. The molecule has 3 aromatic rings. The molecule has 34 nitrogen and oxygen atoms in total. The van der Waals surface area contributed by atoms with Crippen molar-refractivity contribution in [2.45, 2.75) is 230 Å². The van der Waals surface area contributed by atoms with Gasteiger partial charge in [-0.1, -0.05) is 106 Å². The number of ether oxygens (including phenoxy) is 8. The van der Waals surface area contributed by atoms with E-state index in [-0.39, 0.29) is 112 Å². The average Bonchev–Trinajstić information content (AvgIpc) is 0.830. The summed E-state index contributed by atoms with van der Waals surface area (Å²) in [5.41, 5.74) is -1.53. The predicted molar refractivity (Wildman–Crippen MR) is 449 cm³/mol. The maximum Gasteiger partial charge on any atom is 0.411 e. The van der Waals surface area contributed by atoms with E-state index in [1.165, 1.54) is 30.2 Å². The minimum atomic E-state index is -1.25. The monoisotopic (exact) mass is 1700 g/mol. The lowest BCUT2D eigenvalue weighted by Gasteiger charge is -2.30. The minimum absolute atomic E-state index is 0.0191. The van der Waals surface area contributed by atoms with Crippen molar-refractivity contribution in [1.82, 2.24) is 31.5 Å². The number of carboxylic acid groups (broad SMARTS) is 4. The van der Waals surface area contributed by atoms with Gasteiger partial charge in [-0.05, 0) is 178 Å². The molecule has 3 aliphatic rings. The normalized spacial score (nSPS) is 16.3. The van der Waals surface area contributed by atoms with E-state index in [2.05, 4.69) is 37.2 Å². The van der Waals surface area contributed by atoms with Crippen LogP contribution in [0.15, 0.2) is 66.7 Å². The van der Waals surface area contributed by atoms with Crippen LogP contribution in [0.4, 0.5) is 35.3 Å². The van der Waals surface area contributed by atoms with Crippen molar-refractivity contribution < 1.29 is 125 Å². The second-order valence-electron chi connectivity index (χ2n) is 32.7. The van der Waals surface area contributed by atoms with E-state index in [1.54, 1.807) is 76.2 Å². The van der Waals surface area contributed by atoms with Crippen molar-refractivity contribution in [2.24, 2.45) is 45.3 Å². The summed E-state index contributed by atoms with van der Waals surface area (Å²) in [6, 6.07) is 16.6. The van der Waals surface area contributed by atoms with Crippen LogP contribution in [0.5, 0.6) is 17.2 Å². The Morgan fingerprint density at radius 3 is 1.47 bits per heavy atom. The van der Waals surface area contributed by atoms with Crippen LogP contribution >= 0.6 is 0 Å². The van der Waals surface area contributed by atoms with E-state index >= 15 is 0 Å². The number of nitrogens with one attached hydrogen (secondary N) is 7. The molecule has 1 saturated heterocycles. The van der Waals surface area contributed by atoms with Crippen LogP contribution < -0.4 is 46.7 Å². The number of aliphatic carboxylic acids is 3. The molecule has 1 heterocycles. The lowest BCUT2D eigenvalue weighted by molar-refractivity contribution is -0.155. The smallest absolute Gasteiger partial charge is 0.411 e. The zero-order chi connectivity index (χ0) is 90.3. The Morgan fingerprint density at radius 1 is 0.463 bits per heavy atom. The molecule has 3 aromatic carbocycles. The number of methoxy groups -OCH3 is 1. The summed E-state index contributed by atoms with van der Waals surface area (Å²) < 4.78 is 41.6. The summed E-state index contributed by atoms with van der Waals surface area (Å²) in [5, 5.41) is 54.8. The number of rotatable bonds is 41. The number of benzene rings is 3. The van der Waals surface area contributed by atoms with Gasteiger partial charge in [-0.2, -0.15) is 0 Å². The van der Waals surface area contributed by atoms with E-state index in [0.717, 1.165) is 70.6 Å². The number of amides is 9. The molecular formula is C87H132N8O26. The maximum absolute atomic E-state index is 12.6. The highest BCUT2D eigenvalue weighted by molar-refractivity contribution is 6.03. The fourth-order valence-corrected chi connectivity index (χ4v) is 12.0. The number of likely N-dealkylation sites (tertiary alicyclic amines) is 1. The average molecular weight is 1710 g/mol. The third-order valence-corrected chi connectivity index (χ3v) is 21.6. The Hall–Kier alpha value is -11.0. The van der Waals surface area contributed by atoms with Gasteiger partial charge in [-0.15, -0.1) is 0 Å². The number of carbonyl (C=O) groups excluding carboxylic acids is 10. The van der Waals surface area contributed by atoms with Gasteiger partial charge < -0.3 is 89.8 Å². The lowest BCUT2D eigenvalue weighted by atomic mass is 9.81. The molecule has 2 saturated carbocycles. The third-order valence-electron chi connectivity index (χ3n) is 21.6. The molecule has 34 heteroatoms. The molecule has 0 bridgehead atoms. The molecule has 0 aromatic heterocycles. The van der Waals surface area contributed by atoms with Gasteiger partial charge in [0, 0.05) is 73.0 Å². The van der Waals surface area contributed by atoms with Gasteiger partial charge >= 0.3 is 72.1 Å². The van der Waals surface area contributed by atoms with Crippen molar-refractivity contribution in [3.05, 3.63) is 77.9 Å². The first-order valence-corrected chi connectivity index (χ1v) is 41.9. The molecule has 676 valence electrons. The lowest BCUT2D eigenvalue weighted by Crippen LogP contribution is -2.49. The number of imide groups is 1. The van der Waals surface area contributed by atoms with Crippen molar-refractivity contribution in [2.75, 3.05) is 90.1 Å². The standard InChI is InChI=1S/C28H35N3O8.C28H50N2O8.C17H23NO6.C14H24N2O4/c1-4-28(2,3)25(34)37-14-15-38-27(36)30-21-10-6-12-23(17-21)39-22-11-5-9-20(16-22)29-26(35)31-13-7-8-19(18-31)24(32)33;1-4-28(2,3)25(33)36-17-18-38-27(35)30-21-23-14-12-13-22(19-23)20-29-26(34)37-16-11-9-7-5-6-8-10-15-24(31)32;1-5-17(2,3)16(22)18-8-9-24-15(21)12-7-6-11(23-4)10-13(12)14(19)20;1-4-14(2,3)12(19)16-13(20)15-10-7-5-9(6-8-10)11(17)18/h5-6,9-12,16-17,19H,4,7-8,13-15,18H2,1-3H3,(H,29,35)(H,30,36)(H,32,33);22-23H,4-21H2,1-3H3,(H,29,34)(H,30,35)(H,31,32);6-7,10H,5,8-9H2,1-4H3,(H,18,22)(H,19,20);9-10H,4-8H2,1-3H3,(H,17,18)(H2,15,16,19,20). The molecule has 11 N–H and O–H groups in total. The maximum atomic E-state index is 12.6. The van der Waals surface area contributed by atoms with Crippen LogP contribution in [-0.4, -0.2) is 195 Å². The van der Waals surface area contributed by atoms with Crippen LogP contribution in [0.1, 0.15) is 245 Å². The number of carbonyl (C=O) groups is 14. The second-order valence-corrected chi connectivity index (χ2v) is 32.7. The zero-order valence-corrected chi connectivity index (χ0v) is 72.8. The highest BCUT2D eigenvalue weighted by Gasteiger charge is 2.34. The molecule has 0 radical (unpaired) electrons. The number of urea groups is 2. The molecule has 121 heavy (non-hydrogen) atoms. The SMILES string of the molecule is CCC(C)(C)C(=O)NC(=O)NC1CCC(C(=O)O)CC1.CCC(C)(C)C(=O)NCCOC(=O)c1ccc(OC)cc1C(=O)O.CCC(C)(C)C(=O)OCCOC(=O)NCC1CCCC(CNC(=O)OCCCCCCCCCC(=O)O)C1.CCC(C)(C)C(=O)OCCOC(=O)Nc1cccc(Oc2cccc(NC(=O)N3CCCC(C(=O)O)C3)c2)c1. The summed E-state index contributed by atoms with van der Waals surface area (Å²) in [6.07, 6.45) is 15.6. The molecule has 6 rings (SSSR count). The van der Waals surface area contributed by atoms with Crippen molar-refractivity contribution in [1.29, 1.82) is 0 Å². The molecule has 3 unspecified atom stereocenters. The van der Waals surface area contributed by atoms with Gasteiger partial charge in [-0.25, -0.2) is 33.6 Å². The van der Waals surface area contributed by atoms with E-state index in [0.29, 0.717) is 131 Å². The molecular weight excluding hydrogens is 1570 g/mol.